The Labute approximate surface area is 193 Å². The van der Waals surface area contributed by atoms with E-state index in [0.29, 0.717) is 25.3 Å². The fourth-order valence-electron chi connectivity index (χ4n) is 3.40. The summed E-state index contributed by atoms with van der Waals surface area (Å²) < 4.78 is 31.8. The summed E-state index contributed by atoms with van der Waals surface area (Å²) in [4.78, 5) is 12.2. The Morgan fingerprint density at radius 1 is 1.06 bits per heavy atom. The first kappa shape index (κ1) is 25.7. The van der Waals surface area contributed by atoms with Gasteiger partial charge in [0.2, 0.25) is 15.9 Å². The van der Waals surface area contributed by atoms with Crippen LogP contribution in [0.15, 0.2) is 42.5 Å². The molecule has 6 nitrogen and oxygen atoms in total. The van der Waals surface area contributed by atoms with Crippen LogP contribution >= 0.6 is 0 Å². The van der Waals surface area contributed by atoms with E-state index in [2.05, 4.69) is 32.2 Å². The van der Waals surface area contributed by atoms with Crippen molar-refractivity contribution >= 4 is 21.6 Å². The summed E-state index contributed by atoms with van der Waals surface area (Å²) in [5.41, 5.74) is 3.86. The van der Waals surface area contributed by atoms with Gasteiger partial charge in [-0.1, -0.05) is 45.0 Å². The summed E-state index contributed by atoms with van der Waals surface area (Å²) in [7, 11) is -3.43. The van der Waals surface area contributed by atoms with Crippen LogP contribution in [0.3, 0.4) is 0 Å². The van der Waals surface area contributed by atoms with E-state index in [1.54, 1.807) is 6.07 Å². The van der Waals surface area contributed by atoms with Crippen molar-refractivity contribution < 1.29 is 17.9 Å². The fourth-order valence-corrected chi connectivity index (χ4v) is 4.36. The lowest BCUT2D eigenvalue weighted by Gasteiger charge is -2.23. The molecule has 1 N–H and O–H groups in total. The molecule has 0 heterocycles. The van der Waals surface area contributed by atoms with Crippen molar-refractivity contribution in [1.82, 2.24) is 5.32 Å². The molecule has 0 atom stereocenters. The molecule has 2 aromatic carbocycles. The molecule has 0 aliphatic heterocycles. The van der Waals surface area contributed by atoms with Crippen LogP contribution in [0.5, 0.6) is 5.75 Å². The normalized spacial score (nSPS) is 11.8. The van der Waals surface area contributed by atoms with Crippen LogP contribution in [-0.4, -0.2) is 40.3 Å². The van der Waals surface area contributed by atoms with E-state index in [4.69, 9.17) is 4.74 Å². The summed E-state index contributed by atoms with van der Waals surface area (Å²) in [5.74, 6) is 0.706. The zero-order valence-electron chi connectivity index (χ0n) is 20.1. The Morgan fingerprint density at radius 2 is 1.75 bits per heavy atom. The lowest BCUT2D eigenvalue weighted by atomic mass is 9.86. The van der Waals surface area contributed by atoms with Crippen LogP contribution < -0.4 is 14.4 Å². The number of sulfonamides is 1. The minimum Gasteiger partial charge on any atom is -0.491 e. The average Bonchev–Trinajstić information content (AvgIpc) is 2.69. The molecule has 0 radical (unpaired) electrons. The van der Waals surface area contributed by atoms with Gasteiger partial charge in [-0.05, 0) is 60.6 Å². The maximum Gasteiger partial charge on any atom is 0.232 e. The number of hydrogen-bond donors (Lipinski definition) is 1. The molecule has 1 amide bonds. The molecule has 0 aliphatic carbocycles. The van der Waals surface area contributed by atoms with Gasteiger partial charge in [-0.2, -0.15) is 0 Å². The lowest BCUT2D eigenvalue weighted by Crippen LogP contribution is -2.33. The summed E-state index contributed by atoms with van der Waals surface area (Å²) in [5, 5.41) is 2.85. The Hall–Kier alpha value is -2.54. The predicted octanol–water partition coefficient (Wildman–Crippen LogP) is 4.34. The molecule has 7 heteroatoms. The second-order valence-electron chi connectivity index (χ2n) is 9.15. The number of amides is 1. The van der Waals surface area contributed by atoms with Gasteiger partial charge in [-0.25, -0.2) is 8.42 Å². The Bertz CT molecular complexity index is 1030. The van der Waals surface area contributed by atoms with Gasteiger partial charge in [0.1, 0.15) is 12.4 Å². The van der Waals surface area contributed by atoms with Gasteiger partial charge in [0, 0.05) is 13.0 Å². The van der Waals surface area contributed by atoms with Crippen LogP contribution in [-0.2, 0) is 20.2 Å². The van der Waals surface area contributed by atoms with Gasteiger partial charge >= 0.3 is 0 Å². The number of hydrogen-bond acceptors (Lipinski definition) is 4. The van der Waals surface area contributed by atoms with Crippen LogP contribution in [0.2, 0.25) is 0 Å². The van der Waals surface area contributed by atoms with Gasteiger partial charge in [0.05, 0.1) is 18.5 Å². The molecule has 2 aromatic rings. The third-order valence-electron chi connectivity index (χ3n) is 5.32. The minimum absolute atomic E-state index is 0.0265. The molecule has 2 rings (SSSR count). The van der Waals surface area contributed by atoms with Crippen molar-refractivity contribution in [3.63, 3.8) is 0 Å². The van der Waals surface area contributed by atoms with E-state index in [1.807, 2.05) is 44.2 Å². The molecule has 0 bridgehead atoms. The molecule has 0 saturated carbocycles. The lowest BCUT2D eigenvalue weighted by molar-refractivity contribution is -0.121. The molecular weight excluding hydrogens is 424 g/mol. The number of anilines is 1. The molecular formula is C25H36N2O4S. The zero-order chi connectivity index (χ0) is 23.9. The number of nitrogens with one attached hydrogen (secondary N) is 1. The van der Waals surface area contributed by atoms with Crippen LogP contribution in [0.25, 0.3) is 0 Å². The quantitative estimate of drug-likeness (QED) is 0.535. The van der Waals surface area contributed by atoms with Crippen molar-refractivity contribution in [1.29, 1.82) is 0 Å². The first-order chi connectivity index (χ1) is 14.9. The minimum atomic E-state index is -3.43. The molecule has 0 saturated heterocycles. The molecule has 176 valence electrons. The number of aryl methyl sites for hydroxylation is 2. The molecule has 32 heavy (non-hydrogen) atoms. The third-order valence-corrected chi connectivity index (χ3v) is 6.51. The van der Waals surface area contributed by atoms with E-state index in [0.717, 1.165) is 22.4 Å². The second-order valence-corrected chi connectivity index (χ2v) is 11.1. The Kier molecular flexibility index (Phi) is 8.73. The highest BCUT2D eigenvalue weighted by molar-refractivity contribution is 7.92. The topological polar surface area (TPSA) is 75.7 Å². The fraction of sp³-hybridized carbons (Fsp3) is 0.480. The van der Waals surface area contributed by atoms with Crippen molar-refractivity contribution in [3.8, 4) is 5.75 Å². The Morgan fingerprint density at radius 3 is 2.38 bits per heavy atom. The molecule has 0 fully saturated rings. The van der Waals surface area contributed by atoms with Gasteiger partial charge < -0.3 is 10.1 Å². The van der Waals surface area contributed by atoms with Crippen LogP contribution in [0.4, 0.5) is 5.69 Å². The number of nitrogens with zero attached hydrogens (tertiary/aromatic N) is 1. The number of carbonyl (C=O) groups is 1. The number of carbonyl (C=O) groups excluding carboxylic acids is 1. The predicted molar refractivity (Wildman–Crippen MR) is 131 cm³/mol. The first-order valence-corrected chi connectivity index (χ1v) is 12.8. The summed E-state index contributed by atoms with van der Waals surface area (Å²) in [6.45, 7) is 11.4. The van der Waals surface area contributed by atoms with E-state index >= 15 is 0 Å². The molecule has 0 aromatic heterocycles. The highest BCUT2D eigenvalue weighted by Crippen LogP contribution is 2.30. The smallest absolute Gasteiger partial charge is 0.232 e. The number of ether oxygens (including phenoxy) is 1. The molecule has 0 unspecified atom stereocenters. The maximum atomic E-state index is 12.3. The second kappa shape index (κ2) is 10.9. The summed E-state index contributed by atoms with van der Waals surface area (Å²) in [6, 6.07) is 13.5. The van der Waals surface area contributed by atoms with E-state index in [1.165, 1.54) is 10.6 Å². The van der Waals surface area contributed by atoms with Crippen molar-refractivity contribution in [2.45, 2.75) is 52.9 Å². The molecule has 0 spiro atoms. The van der Waals surface area contributed by atoms with Gasteiger partial charge in [0.25, 0.3) is 0 Å². The van der Waals surface area contributed by atoms with Crippen molar-refractivity contribution in [2.75, 3.05) is 30.3 Å². The first-order valence-electron chi connectivity index (χ1n) is 10.9. The zero-order valence-corrected chi connectivity index (χ0v) is 20.9. The SMILES string of the molecule is Cc1ccc(N(CCCC(=O)NCCOc2ccccc2C(C)(C)C)S(C)(=O)=O)cc1C. The van der Waals surface area contributed by atoms with Crippen molar-refractivity contribution in [3.05, 3.63) is 59.2 Å². The van der Waals surface area contributed by atoms with E-state index < -0.39 is 10.0 Å². The van der Waals surface area contributed by atoms with Gasteiger partial charge in [-0.3, -0.25) is 9.10 Å². The van der Waals surface area contributed by atoms with E-state index in [-0.39, 0.29) is 24.3 Å². The van der Waals surface area contributed by atoms with Gasteiger partial charge in [0.15, 0.2) is 0 Å². The standard InChI is InChI=1S/C25H36N2O4S/c1-19-13-14-21(18-20(19)2)27(32(6,29)30)16-9-12-24(28)26-15-17-31-23-11-8-7-10-22(23)25(3,4)5/h7-8,10-11,13-14,18H,9,12,15-17H2,1-6H3,(H,26,28). The largest absolute Gasteiger partial charge is 0.491 e. The highest BCUT2D eigenvalue weighted by Gasteiger charge is 2.19. The number of para-hydroxylation sites is 1. The van der Waals surface area contributed by atoms with Crippen molar-refractivity contribution in [2.24, 2.45) is 0 Å². The average molecular weight is 461 g/mol. The monoisotopic (exact) mass is 460 g/mol. The summed E-state index contributed by atoms with van der Waals surface area (Å²) in [6.07, 6.45) is 1.87. The Balaban J connectivity index is 1.82. The third kappa shape index (κ3) is 7.55. The molecule has 0 aliphatic rings. The number of rotatable bonds is 10. The summed E-state index contributed by atoms with van der Waals surface area (Å²) >= 11 is 0. The van der Waals surface area contributed by atoms with Crippen LogP contribution in [0, 0.1) is 13.8 Å². The van der Waals surface area contributed by atoms with Gasteiger partial charge in [-0.15, -0.1) is 0 Å². The van der Waals surface area contributed by atoms with Crippen LogP contribution in [0.1, 0.15) is 50.3 Å². The van der Waals surface area contributed by atoms with E-state index in [9.17, 15) is 13.2 Å². The highest BCUT2D eigenvalue weighted by atomic mass is 32.2. The number of benzene rings is 2. The maximum absolute atomic E-state index is 12.3.